The molecule has 0 spiro atoms. The van der Waals surface area contributed by atoms with Crippen LogP contribution in [0.3, 0.4) is 0 Å². The number of hydrogen-bond acceptors (Lipinski definition) is 4. The molecule has 0 saturated carbocycles. The van der Waals surface area contributed by atoms with Gasteiger partial charge in [0.15, 0.2) is 0 Å². The minimum atomic E-state index is 0.0627. The zero-order chi connectivity index (χ0) is 16.8. The number of likely N-dealkylation sites (N-methyl/N-ethyl adjacent to an activating group) is 1. The van der Waals surface area contributed by atoms with Gasteiger partial charge in [-0.15, -0.1) is 0 Å². The summed E-state index contributed by atoms with van der Waals surface area (Å²) in [4.78, 5) is 6.55. The number of ether oxygens (including phenoxy) is 1. The zero-order valence-electron chi connectivity index (χ0n) is 13.5. The van der Waals surface area contributed by atoms with Gasteiger partial charge in [-0.1, -0.05) is 29.8 Å². The highest BCUT2D eigenvalue weighted by atomic mass is 35.5. The highest BCUT2D eigenvalue weighted by Gasteiger charge is 2.16. The van der Waals surface area contributed by atoms with Crippen molar-refractivity contribution in [3.05, 3.63) is 58.6 Å². The maximum absolute atomic E-state index is 9.89. The predicted octanol–water partition coefficient (Wildman–Crippen LogP) is 3.78. The molecule has 0 fully saturated rings. The predicted molar refractivity (Wildman–Crippen MR) is 95.0 cm³/mol. The Morgan fingerprint density at radius 2 is 2.00 bits per heavy atom. The summed E-state index contributed by atoms with van der Waals surface area (Å²) in [6.45, 7) is 0.535. The molecule has 0 bridgehead atoms. The monoisotopic (exact) mass is 332 g/mol. The van der Waals surface area contributed by atoms with Gasteiger partial charge in [0, 0.05) is 16.8 Å². The van der Waals surface area contributed by atoms with Gasteiger partial charge in [-0.25, -0.2) is 0 Å². The molecule has 4 nitrogen and oxygen atoms in total. The van der Waals surface area contributed by atoms with Crippen LogP contribution in [0.4, 0.5) is 0 Å². The molecule has 0 aliphatic rings. The molecule has 0 saturated heterocycles. The van der Waals surface area contributed by atoms with Crippen LogP contribution in [0.15, 0.2) is 47.5 Å². The van der Waals surface area contributed by atoms with Gasteiger partial charge in [-0.05, 0) is 43.9 Å². The van der Waals surface area contributed by atoms with Crippen LogP contribution in [-0.4, -0.2) is 44.0 Å². The Labute approximate surface area is 142 Å². The molecule has 122 valence electrons. The molecule has 0 aromatic heterocycles. The fraction of sp³-hybridized carbons (Fsp3) is 0.278. The first-order valence-corrected chi connectivity index (χ1v) is 7.68. The molecule has 2 aromatic rings. The first-order chi connectivity index (χ1) is 11.0. The lowest BCUT2D eigenvalue weighted by Gasteiger charge is -2.24. The summed E-state index contributed by atoms with van der Waals surface area (Å²) in [7, 11) is 5.58. The second-order valence-electron chi connectivity index (χ2n) is 5.42. The molecular formula is C18H21ClN2O2. The Hall–Kier alpha value is -2.04. The smallest absolute Gasteiger partial charge is 0.124 e. The van der Waals surface area contributed by atoms with Crippen LogP contribution in [0.5, 0.6) is 11.5 Å². The Bertz CT molecular complexity index is 686. The lowest BCUT2D eigenvalue weighted by Crippen LogP contribution is -2.23. The molecule has 0 heterocycles. The van der Waals surface area contributed by atoms with Gasteiger partial charge >= 0.3 is 0 Å². The molecule has 0 amide bonds. The molecule has 0 radical (unpaired) electrons. The molecule has 5 heteroatoms. The van der Waals surface area contributed by atoms with E-state index in [-0.39, 0.29) is 11.8 Å². The molecule has 1 atom stereocenters. The molecular weight excluding hydrogens is 312 g/mol. The number of nitrogens with zero attached hydrogens (tertiary/aromatic N) is 2. The van der Waals surface area contributed by atoms with Crippen molar-refractivity contribution in [3.8, 4) is 11.5 Å². The Kier molecular flexibility index (Phi) is 6.02. The third-order valence-corrected chi connectivity index (χ3v) is 3.98. The van der Waals surface area contributed by atoms with Crippen LogP contribution < -0.4 is 4.74 Å². The van der Waals surface area contributed by atoms with Crippen molar-refractivity contribution in [1.82, 2.24) is 4.90 Å². The van der Waals surface area contributed by atoms with E-state index in [4.69, 9.17) is 16.3 Å². The summed E-state index contributed by atoms with van der Waals surface area (Å²) in [6, 6.07) is 12.9. The summed E-state index contributed by atoms with van der Waals surface area (Å²) in [5.74, 6) is 0.855. The van der Waals surface area contributed by atoms with Gasteiger partial charge in [0.25, 0.3) is 0 Å². The van der Waals surface area contributed by atoms with Crippen molar-refractivity contribution in [3.63, 3.8) is 0 Å². The standard InChI is InChI=1S/C18H21ClN2O2/c1-21(2)17(15-6-4-5-7-16(15)19)12-20-11-13-10-14(23-3)8-9-18(13)22/h4-11,17,22H,12H2,1-3H3/t17-/m1/s1. The Morgan fingerprint density at radius 3 is 2.65 bits per heavy atom. The highest BCUT2D eigenvalue weighted by molar-refractivity contribution is 6.31. The van der Waals surface area contributed by atoms with Crippen molar-refractivity contribution in [2.24, 2.45) is 4.99 Å². The van der Waals surface area contributed by atoms with Crippen LogP contribution in [0, 0.1) is 0 Å². The van der Waals surface area contributed by atoms with Gasteiger partial charge in [0.2, 0.25) is 0 Å². The first kappa shape index (κ1) is 17.3. The first-order valence-electron chi connectivity index (χ1n) is 7.30. The van der Waals surface area contributed by atoms with Crippen molar-refractivity contribution in [2.45, 2.75) is 6.04 Å². The van der Waals surface area contributed by atoms with E-state index in [1.165, 1.54) is 0 Å². The normalized spacial score (nSPS) is 12.7. The molecule has 0 aliphatic carbocycles. The number of benzene rings is 2. The number of hydrogen-bond donors (Lipinski definition) is 1. The number of rotatable bonds is 6. The molecule has 23 heavy (non-hydrogen) atoms. The topological polar surface area (TPSA) is 45.1 Å². The quantitative estimate of drug-likeness (QED) is 0.819. The average Bonchev–Trinajstić information content (AvgIpc) is 2.54. The SMILES string of the molecule is COc1ccc(O)c(C=NC[C@H](c2ccccc2Cl)N(C)C)c1. The van der Waals surface area contributed by atoms with E-state index in [1.54, 1.807) is 31.5 Å². The minimum absolute atomic E-state index is 0.0627. The molecule has 1 N–H and O–H groups in total. The third kappa shape index (κ3) is 4.47. The Morgan fingerprint density at radius 1 is 1.26 bits per heavy atom. The van der Waals surface area contributed by atoms with Gasteiger partial charge in [-0.3, -0.25) is 4.99 Å². The highest BCUT2D eigenvalue weighted by Crippen LogP contribution is 2.26. The number of aromatic hydroxyl groups is 1. The average molecular weight is 333 g/mol. The number of aliphatic imine (C=N–C) groups is 1. The molecule has 2 rings (SSSR count). The summed E-state index contributed by atoms with van der Waals surface area (Å²) in [5, 5.41) is 10.6. The fourth-order valence-electron chi connectivity index (χ4n) is 2.30. The molecule has 0 unspecified atom stereocenters. The van der Waals surface area contributed by atoms with Crippen LogP contribution in [0.25, 0.3) is 0 Å². The third-order valence-electron chi connectivity index (χ3n) is 3.63. The van der Waals surface area contributed by atoms with Crippen molar-refractivity contribution < 1.29 is 9.84 Å². The molecule has 0 aliphatic heterocycles. The van der Waals surface area contributed by atoms with E-state index in [9.17, 15) is 5.11 Å². The van der Waals surface area contributed by atoms with Crippen molar-refractivity contribution in [1.29, 1.82) is 0 Å². The summed E-state index contributed by atoms with van der Waals surface area (Å²) >= 11 is 6.29. The summed E-state index contributed by atoms with van der Waals surface area (Å²) < 4.78 is 5.16. The lowest BCUT2D eigenvalue weighted by atomic mass is 10.1. The largest absolute Gasteiger partial charge is 0.507 e. The van der Waals surface area contributed by atoms with E-state index >= 15 is 0 Å². The number of phenolic OH excluding ortho intramolecular Hbond substituents is 1. The van der Waals surface area contributed by atoms with E-state index in [1.807, 2.05) is 38.4 Å². The zero-order valence-corrected chi connectivity index (χ0v) is 14.3. The van der Waals surface area contributed by atoms with E-state index in [0.717, 1.165) is 10.6 Å². The van der Waals surface area contributed by atoms with Crippen LogP contribution in [-0.2, 0) is 0 Å². The van der Waals surface area contributed by atoms with Gasteiger partial charge < -0.3 is 14.7 Å². The number of methoxy groups -OCH3 is 1. The maximum Gasteiger partial charge on any atom is 0.124 e. The van der Waals surface area contributed by atoms with Crippen LogP contribution in [0.2, 0.25) is 5.02 Å². The molecule has 2 aromatic carbocycles. The second kappa shape index (κ2) is 7.99. The second-order valence-corrected chi connectivity index (χ2v) is 5.83. The van der Waals surface area contributed by atoms with Gasteiger partial charge in [0.1, 0.15) is 11.5 Å². The van der Waals surface area contributed by atoms with Gasteiger partial charge in [0.05, 0.1) is 19.7 Å². The van der Waals surface area contributed by atoms with E-state index in [0.29, 0.717) is 17.9 Å². The fourth-order valence-corrected chi connectivity index (χ4v) is 2.56. The number of phenols is 1. The summed E-state index contributed by atoms with van der Waals surface area (Å²) in [5.41, 5.74) is 1.66. The van der Waals surface area contributed by atoms with Crippen molar-refractivity contribution in [2.75, 3.05) is 27.7 Å². The summed E-state index contributed by atoms with van der Waals surface area (Å²) in [6.07, 6.45) is 1.66. The minimum Gasteiger partial charge on any atom is -0.507 e. The number of halogens is 1. The lowest BCUT2D eigenvalue weighted by molar-refractivity contribution is 0.307. The van der Waals surface area contributed by atoms with E-state index in [2.05, 4.69) is 9.89 Å². The van der Waals surface area contributed by atoms with E-state index < -0.39 is 0 Å². The Balaban J connectivity index is 2.18. The van der Waals surface area contributed by atoms with Crippen molar-refractivity contribution >= 4 is 17.8 Å². The van der Waals surface area contributed by atoms with Gasteiger partial charge in [-0.2, -0.15) is 0 Å². The van der Waals surface area contributed by atoms with Crippen LogP contribution >= 0.6 is 11.6 Å². The van der Waals surface area contributed by atoms with Crippen LogP contribution in [0.1, 0.15) is 17.2 Å². The maximum atomic E-state index is 9.89.